The maximum Gasteiger partial charge on any atom is 0.0244 e. The molecular weight excluding hydrogens is 292 g/mol. The van der Waals surface area contributed by atoms with Gasteiger partial charge in [0.05, 0.1) is 0 Å². The van der Waals surface area contributed by atoms with Gasteiger partial charge in [0.25, 0.3) is 0 Å². The topological polar surface area (TPSA) is 29.3 Å². The highest BCUT2D eigenvalue weighted by Gasteiger charge is 2.10. The van der Waals surface area contributed by atoms with Gasteiger partial charge in [-0.1, -0.05) is 84.9 Å². The Labute approximate surface area is 144 Å². The fourth-order valence-corrected chi connectivity index (χ4v) is 3.00. The highest BCUT2D eigenvalue weighted by molar-refractivity contribution is 5.27. The van der Waals surface area contributed by atoms with E-state index >= 15 is 0 Å². The lowest BCUT2D eigenvalue weighted by Crippen LogP contribution is -2.23. The second kappa shape index (κ2) is 8.44. The lowest BCUT2D eigenvalue weighted by Gasteiger charge is -2.24. The highest BCUT2D eigenvalue weighted by atomic mass is 15.1. The van der Waals surface area contributed by atoms with E-state index in [0.29, 0.717) is 6.54 Å². The van der Waals surface area contributed by atoms with Gasteiger partial charge in [0.2, 0.25) is 0 Å². The van der Waals surface area contributed by atoms with Crippen LogP contribution in [0, 0.1) is 0 Å². The molecule has 0 aliphatic heterocycles. The normalized spacial score (nSPS) is 10.9. The van der Waals surface area contributed by atoms with Crippen LogP contribution in [0.3, 0.4) is 0 Å². The molecule has 0 atom stereocenters. The molecule has 122 valence electrons. The van der Waals surface area contributed by atoms with Crippen LogP contribution in [0.1, 0.15) is 22.3 Å². The SMILES string of the molecule is NCc1ccccc1CN(Cc1ccccc1)Cc1ccccc1. The zero-order chi connectivity index (χ0) is 16.6. The van der Waals surface area contributed by atoms with E-state index in [2.05, 4.69) is 89.8 Å². The smallest absolute Gasteiger partial charge is 0.0244 e. The molecule has 3 aromatic carbocycles. The lowest BCUT2D eigenvalue weighted by atomic mass is 10.1. The predicted octanol–water partition coefficient (Wildman–Crippen LogP) is 4.35. The first-order valence-electron chi connectivity index (χ1n) is 8.42. The Morgan fingerprint density at radius 3 is 1.50 bits per heavy atom. The van der Waals surface area contributed by atoms with Gasteiger partial charge in [-0.2, -0.15) is 0 Å². The molecule has 3 rings (SSSR count). The van der Waals surface area contributed by atoms with Gasteiger partial charge < -0.3 is 5.73 Å². The number of benzene rings is 3. The third kappa shape index (κ3) is 4.54. The van der Waals surface area contributed by atoms with Gasteiger partial charge >= 0.3 is 0 Å². The van der Waals surface area contributed by atoms with Crippen LogP contribution in [0.15, 0.2) is 84.9 Å². The van der Waals surface area contributed by atoms with Gasteiger partial charge in [0.15, 0.2) is 0 Å². The molecule has 0 unspecified atom stereocenters. The third-order valence-electron chi connectivity index (χ3n) is 4.23. The summed E-state index contributed by atoms with van der Waals surface area (Å²) in [5.74, 6) is 0. The van der Waals surface area contributed by atoms with Gasteiger partial charge in [-0.3, -0.25) is 4.90 Å². The number of hydrogen-bond acceptors (Lipinski definition) is 2. The Hall–Kier alpha value is -2.42. The van der Waals surface area contributed by atoms with Crippen LogP contribution in [-0.2, 0) is 26.2 Å². The number of nitrogens with zero attached hydrogens (tertiary/aromatic N) is 1. The average molecular weight is 316 g/mol. The molecular formula is C22H24N2. The Morgan fingerprint density at radius 2 is 1.00 bits per heavy atom. The fraction of sp³-hybridized carbons (Fsp3) is 0.182. The van der Waals surface area contributed by atoms with Crippen LogP contribution >= 0.6 is 0 Å². The Bertz CT molecular complexity index is 697. The molecule has 3 aromatic rings. The summed E-state index contributed by atoms with van der Waals surface area (Å²) in [6.45, 7) is 3.33. The number of nitrogens with two attached hydrogens (primary N) is 1. The van der Waals surface area contributed by atoms with Crippen LogP contribution in [0.2, 0.25) is 0 Å². The monoisotopic (exact) mass is 316 g/mol. The maximum absolute atomic E-state index is 5.91. The summed E-state index contributed by atoms with van der Waals surface area (Å²) in [7, 11) is 0. The highest BCUT2D eigenvalue weighted by Crippen LogP contribution is 2.16. The standard InChI is InChI=1S/C22H24N2/c23-15-21-13-7-8-14-22(21)18-24(16-19-9-3-1-4-10-19)17-20-11-5-2-6-12-20/h1-14H,15-18,23H2. The average Bonchev–Trinajstić information content (AvgIpc) is 2.64. The molecule has 0 saturated carbocycles. The third-order valence-corrected chi connectivity index (χ3v) is 4.23. The van der Waals surface area contributed by atoms with Crippen LogP contribution in [0.25, 0.3) is 0 Å². The molecule has 0 saturated heterocycles. The molecule has 0 fully saturated rings. The molecule has 0 bridgehead atoms. The summed E-state index contributed by atoms with van der Waals surface area (Å²) < 4.78 is 0. The van der Waals surface area contributed by atoms with E-state index in [1.807, 2.05) is 0 Å². The molecule has 0 aliphatic carbocycles. The molecule has 0 amide bonds. The van der Waals surface area contributed by atoms with Crippen molar-refractivity contribution in [3.05, 3.63) is 107 Å². The van der Waals surface area contributed by atoms with Crippen molar-refractivity contribution in [3.8, 4) is 0 Å². The first-order valence-corrected chi connectivity index (χ1v) is 8.42. The Balaban J connectivity index is 1.81. The predicted molar refractivity (Wildman–Crippen MR) is 100 cm³/mol. The van der Waals surface area contributed by atoms with Crippen LogP contribution in [0.4, 0.5) is 0 Å². The van der Waals surface area contributed by atoms with Crippen molar-refractivity contribution < 1.29 is 0 Å². The van der Waals surface area contributed by atoms with Crippen molar-refractivity contribution in [2.24, 2.45) is 5.73 Å². The summed E-state index contributed by atoms with van der Waals surface area (Å²) in [6.07, 6.45) is 0. The quantitative estimate of drug-likeness (QED) is 0.702. The van der Waals surface area contributed by atoms with Crippen LogP contribution in [0.5, 0.6) is 0 Å². The lowest BCUT2D eigenvalue weighted by molar-refractivity contribution is 0.247. The molecule has 24 heavy (non-hydrogen) atoms. The molecule has 2 heteroatoms. The minimum atomic E-state index is 0.584. The first-order chi connectivity index (χ1) is 11.8. The minimum Gasteiger partial charge on any atom is -0.326 e. The van der Waals surface area contributed by atoms with E-state index in [9.17, 15) is 0 Å². The zero-order valence-electron chi connectivity index (χ0n) is 13.9. The van der Waals surface area contributed by atoms with E-state index < -0.39 is 0 Å². The largest absolute Gasteiger partial charge is 0.326 e. The molecule has 0 radical (unpaired) electrons. The van der Waals surface area contributed by atoms with Gasteiger partial charge in [-0.25, -0.2) is 0 Å². The molecule has 0 aliphatic rings. The van der Waals surface area contributed by atoms with Crippen molar-refractivity contribution in [2.45, 2.75) is 26.2 Å². The van der Waals surface area contributed by atoms with Crippen molar-refractivity contribution in [1.29, 1.82) is 0 Å². The van der Waals surface area contributed by atoms with E-state index in [4.69, 9.17) is 5.73 Å². The summed E-state index contributed by atoms with van der Waals surface area (Å²) in [5.41, 5.74) is 11.1. The zero-order valence-corrected chi connectivity index (χ0v) is 13.9. The van der Waals surface area contributed by atoms with Gasteiger partial charge in [0.1, 0.15) is 0 Å². The maximum atomic E-state index is 5.91. The minimum absolute atomic E-state index is 0.584. The van der Waals surface area contributed by atoms with E-state index in [1.165, 1.54) is 22.3 Å². The molecule has 2 nitrogen and oxygen atoms in total. The van der Waals surface area contributed by atoms with Crippen LogP contribution < -0.4 is 5.73 Å². The first kappa shape index (κ1) is 16.4. The fourth-order valence-electron chi connectivity index (χ4n) is 3.00. The summed E-state index contributed by atoms with van der Waals surface area (Å²) in [4.78, 5) is 2.47. The molecule has 0 heterocycles. The van der Waals surface area contributed by atoms with Crippen LogP contribution in [-0.4, -0.2) is 4.90 Å². The van der Waals surface area contributed by atoms with Gasteiger partial charge in [0, 0.05) is 26.2 Å². The van der Waals surface area contributed by atoms with Crippen molar-refractivity contribution in [3.63, 3.8) is 0 Å². The number of rotatable bonds is 7. The van der Waals surface area contributed by atoms with E-state index in [-0.39, 0.29) is 0 Å². The second-order valence-electron chi connectivity index (χ2n) is 6.09. The van der Waals surface area contributed by atoms with Crippen molar-refractivity contribution >= 4 is 0 Å². The van der Waals surface area contributed by atoms with E-state index in [1.54, 1.807) is 0 Å². The second-order valence-corrected chi connectivity index (χ2v) is 6.09. The van der Waals surface area contributed by atoms with Crippen molar-refractivity contribution in [2.75, 3.05) is 0 Å². The van der Waals surface area contributed by atoms with Gasteiger partial charge in [-0.05, 0) is 22.3 Å². The molecule has 0 spiro atoms. The summed E-state index contributed by atoms with van der Waals surface area (Å²) >= 11 is 0. The number of hydrogen-bond donors (Lipinski definition) is 1. The Morgan fingerprint density at radius 1 is 0.542 bits per heavy atom. The molecule has 0 aromatic heterocycles. The summed E-state index contributed by atoms with van der Waals surface area (Å²) in [5, 5.41) is 0. The Kier molecular flexibility index (Phi) is 5.78. The summed E-state index contributed by atoms with van der Waals surface area (Å²) in [6, 6.07) is 29.7. The molecule has 2 N–H and O–H groups in total. The van der Waals surface area contributed by atoms with E-state index in [0.717, 1.165) is 19.6 Å². The van der Waals surface area contributed by atoms with Crippen molar-refractivity contribution in [1.82, 2.24) is 4.90 Å². The van der Waals surface area contributed by atoms with Gasteiger partial charge in [-0.15, -0.1) is 0 Å².